The van der Waals surface area contributed by atoms with Gasteiger partial charge in [-0.05, 0) is 6.42 Å². The van der Waals surface area contributed by atoms with Crippen LogP contribution in [0.3, 0.4) is 0 Å². The number of halogens is 3. The third kappa shape index (κ3) is 8.48. The lowest BCUT2D eigenvalue weighted by Crippen LogP contribution is -2.40. The van der Waals surface area contributed by atoms with Crippen molar-refractivity contribution in [2.24, 2.45) is 5.92 Å². The molecule has 1 aromatic heterocycles. The van der Waals surface area contributed by atoms with Crippen molar-refractivity contribution in [2.45, 2.75) is 38.8 Å². The number of unbranched alkanes of at least 4 members (excludes halogenated alkanes) is 2. The first kappa shape index (κ1) is 24.4. The minimum atomic E-state index is -4.71. The fourth-order valence-electron chi connectivity index (χ4n) is 2.39. The zero-order valence-corrected chi connectivity index (χ0v) is 15.9. The van der Waals surface area contributed by atoms with Crippen molar-refractivity contribution in [3.63, 3.8) is 0 Å². The molecule has 0 aliphatic carbocycles. The second kappa shape index (κ2) is 12.0. The smallest absolute Gasteiger partial charge is 0.395 e. The highest BCUT2D eigenvalue weighted by Gasteiger charge is 2.35. The van der Waals surface area contributed by atoms with Gasteiger partial charge in [0.05, 0.1) is 19.1 Å². The van der Waals surface area contributed by atoms with Crippen LogP contribution in [-0.4, -0.2) is 57.4 Å². The first-order valence-electron chi connectivity index (χ1n) is 8.98. The van der Waals surface area contributed by atoms with E-state index in [-0.39, 0.29) is 25.4 Å². The van der Waals surface area contributed by atoms with Crippen molar-refractivity contribution in [1.82, 2.24) is 20.5 Å². The fourth-order valence-corrected chi connectivity index (χ4v) is 2.39. The molecule has 0 fully saturated rings. The van der Waals surface area contributed by atoms with E-state index in [2.05, 4.69) is 26.1 Å². The minimum Gasteiger partial charge on any atom is -0.395 e. The molecule has 0 spiro atoms. The zero-order valence-electron chi connectivity index (χ0n) is 15.9. The highest BCUT2D eigenvalue weighted by Crippen LogP contribution is 2.33. The van der Waals surface area contributed by atoms with Gasteiger partial charge in [-0.1, -0.05) is 26.2 Å². The maximum Gasteiger partial charge on any atom is 0.421 e. The van der Waals surface area contributed by atoms with Crippen molar-refractivity contribution in [2.75, 3.05) is 30.4 Å². The van der Waals surface area contributed by atoms with Gasteiger partial charge in [-0.2, -0.15) is 18.2 Å². The molecule has 29 heavy (non-hydrogen) atoms. The van der Waals surface area contributed by atoms with Gasteiger partial charge in [-0.25, -0.2) is 10.0 Å². The first-order valence-corrected chi connectivity index (χ1v) is 8.98. The fraction of sp³-hybridized carbons (Fsp3) is 0.625. The Hall–Kier alpha value is -2.67. The predicted molar refractivity (Wildman–Crippen MR) is 96.6 cm³/mol. The summed E-state index contributed by atoms with van der Waals surface area (Å²) in [6, 6.07) is 0. The van der Waals surface area contributed by atoms with E-state index >= 15 is 0 Å². The third-order valence-corrected chi connectivity index (χ3v) is 3.85. The van der Waals surface area contributed by atoms with E-state index < -0.39 is 36.0 Å². The number of amides is 2. The Morgan fingerprint density at radius 2 is 2.10 bits per heavy atom. The number of alkyl halides is 3. The number of hydrogen-bond donors (Lipinski definition) is 5. The van der Waals surface area contributed by atoms with E-state index in [0.717, 1.165) is 12.8 Å². The standard InChI is InChI=1S/C16H25F3N6O4/c1-2-3-4-5-11(9-25(29)10-27)14(28)23-24-15-21-8-12(16(17,18)19)13(22-15)20-6-7-26/h8,10-11,26,29H,2-7,9H2,1H3,(H,23,28)(H2,20,21,22,24)/t11-/m1/s1. The highest BCUT2D eigenvalue weighted by molar-refractivity contribution is 5.80. The second-order valence-corrected chi connectivity index (χ2v) is 6.14. The summed E-state index contributed by atoms with van der Waals surface area (Å²) in [7, 11) is 0. The van der Waals surface area contributed by atoms with Gasteiger partial charge in [0.2, 0.25) is 18.3 Å². The molecule has 0 aromatic carbocycles. The predicted octanol–water partition coefficient (Wildman–Crippen LogP) is 1.39. The van der Waals surface area contributed by atoms with E-state index in [1.165, 1.54) is 0 Å². The third-order valence-electron chi connectivity index (χ3n) is 3.85. The number of nitrogens with one attached hydrogen (secondary N) is 3. The number of carbonyl (C=O) groups is 2. The summed E-state index contributed by atoms with van der Waals surface area (Å²) in [5.74, 6) is -2.20. The second-order valence-electron chi connectivity index (χ2n) is 6.14. The molecule has 0 radical (unpaired) electrons. The number of carbonyl (C=O) groups excluding carboxylic acids is 2. The average molecular weight is 422 g/mol. The molecule has 164 valence electrons. The Morgan fingerprint density at radius 3 is 2.69 bits per heavy atom. The van der Waals surface area contributed by atoms with Crippen LogP contribution in [-0.2, 0) is 15.8 Å². The maximum atomic E-state index is 13.0. The minimum absolute atomic E-state index is 0.163. The molecule has 1 aromatic rings. The molecule has 1 rings (SSSR count). The summed E-state index contributed by atoms with van der Waals surface area (Å²) in [6.45, 7) is 1.17. The Morgan fingerprint density at radius 1 is 1.38 bits per heavy atom. The molecule has 0 aliphatic heterocycles. The molecular weight excluding hydrogens is 397 g/mol. The van der Waals surface area contributed by atoms with E-state index in [9.17, 15) is 28.0 Å². The number of rotatable bonds is 13. The van der Waals surface area contributed by atoms with Crippen LogP contribution >= 0.6 is 0 Å². The number of hydrogen-bond acceptors (Lipinski definition) is 8. The van der Waals surface area contributed by atoms with Gasteiger partial charge in [-0.15, -0.1) is 0 Å². The average Bonchev–Trinajstić information content (AvgIpc) is 2.68. The number of nitrogens with zero attached hydrogens (tertiary/aromatic N) is 3. The lowest BCUT2D eigenvalue weighted by molar-refractivity contribution is -0.154. The highest BCUT2D eigenvalue weighted by atomic mass is 19.4. The molecule has 5 N–H and O–H groups in total. The Bertz CT molecular complexity index is 662. The van der Waals surface area contributed by atoms with Crippen LogP contribution in [0, 0.1) is 5.92 Å². The van der Waals surface area contributed by atoms with Crippen molar-refractivity contribution >= 4 is 24.1 Å². The molecule has 13 heteroatoms. The monoisotopic (exact) mass is 422 g/mol. The number of aliphatic hydroxyl groups excluding tert-OH is 1. The lowest BCUT2D eigenvalue weighted by Gasteiger charge is -2.20. The van der Waals surface area contributed by atoms with Gasteiger partial charge in [0.25, 0.3) is 0 Å². The molecule has 0 saturated heterocycles. The van der Waals surface area contributed by atoms with Gasteiger partial charge in [0, 0.05) is 12.7 Å². The molecule has 0 saturated carbocycles. The molecule has 1 atom stereocenters. The van der Waals surface area contributed by atoms with E-state index in [0.29, 0.717) is 24.1 Å². The van der Waals surface area contributed by atoms with E-state index in [1.54, 1.807) is 0 Å². The summed E-state index contributed by atoms with van der Waals surface area (Å²) in [5.41, 5.74) is 3.47. The molecule has 0 unspecified atom stereocenters. The molecule has 2 amide bonds. The molecule has 0 aliphatic rings. The van der Waals surface area contributed by atoms with Crippen molar-refractivity contribution in [3.05, 3.63) is 11.8 Å². The number of hydroxylamine groups is 2. The summed E-state index contributed by atoms with van der Waals surface area (Å²) < 4.78 is 39.0. The van der Waals surface area contributed by atoms with Crippen LogP contribution in [0.1, 0.15) is 38.2 Å². The summed E-state index contributed by atoms with van der Waals surface area (Å²) in [6.07, 6.45) is -1.15. The molecular formula is C16H25F3N6O4. The van der Waals surface area contributed by atoms with Crippen LogP contribution in [0.4, 0.5) is 24.9 Å². The van der Waals surface area contributed by atoms with Crippen LogP contribution < -0.4 is 16.2 Å². The normalized spacial score (nSPS) is 12.2. The van der Waals surface area contributed by atoms with Gasteiger partial charge >= 0.3 is 6.18 Å². The number of aliphatic hydroxyl groups is 1. The number of aromatic nitrogens is 2. The Balaban J connectivity index is 2.84. The largest absolute Gasteiger partial charge is 0.421 e. The molecule has 0 bridgehead atoms. The van der Waals surface area contributed by atoms with Crippen molar-refractivity contribution < 1.29 is 33.1 Å². The van der Waals surface area contributed by atoms with Crippen LogP contribution in [0.15, 0.2) is 6.20 Å². The lowest BCUT2D eigenvalue weighted by atomic mass is 10.0. The van der Waals surface area contributed by atoms with Gasteiger partial charge in [0.1, 0.15) is 11.4 Å². The molecule has 1 heterocycles. The molecule has 10 nitrogen and oxygen atoms in total. The van der Waals surface area contributed by atoms with Gasteiger partial charge in [0.15, 0.2) is 0 Å². The zero-order chi connectivity index (χ0) is 21.9. The topological polar surface area (TPSA) is 140 Å². The summed E-state index contributed by atoms with van der Waals surface area (Å²) >= 11 is 0. The van der Waals surface area contributed by atoms with Crippen LogP contribution in [0.5, 0.6) is 0 Å². The van der Waals surface area contributed by atoms with Crippen LogP contribution in [0.25, 0.3) is 0 Å². The van der Waals surface area contributed by atoms with Crippen molar-refractivity contribution in [1.29, 1.82) is 0 Å². The van der Waals surface area contributed by atoms with E-state index in [4.69, 9.17) is 5.11 Å². The maximum absolute atomic E-state index is 13.0. The summed E-state index contributed by atoms with van der Waals surface area (Å²) in [4.78, 5) is 30.1. The quantitative estimate of drug-likeness (QED) is 0.139. The van der Waals surface area contributed by atoms with Gasteiger partial charge in [-0.3, -0.25) is 25.6 Å². The van der Waals surface area contributed by atoms with E-state index in [1.807, 2.05) is 6.92 Å². The Kier molecular flexibility index (Phi) is 10.1. The SMILES string of the molecule is CCCCC[C@H](CN(O)C=O)C(=O)NNc1ncc(C(F)(F)F)c(NCCO)n1. The number of hydrazine groups is 1. The summed E-state index contributed by atoms with van der Waals surface area (Å²) in [5, 5.41) is 20.8. The Labute approximate surface area is 165 Å². The van der Waals surface area contributed by atoms with Crippen molar-refractivity contribution in [3.8, 4) is 0 Å². The first-order chi connectivity index (χ1) is 13.7. The van der Waals surface area contributed by atoms with Crippen LogP contribution in [0.2, 0.25) is 0 Å². The number of anilines is 2. The van der Waals surface area contributed by atoms with Gasteiger partial charge < -0.3 is 10.4 Å².